The molecule has 7 heteroatoms. The first-order valence-corrected chi connectivity index (χ1v) is 7.60. The molecule has 1 atom stereocenters. The SMILES string of the molecule is C=C(C)CN=C(N)NCC1CCCS(=O)(=O)C1.I. The first-order valence-electron chi connectivity index (χ1n) is 5.77. The molecular formula is C11H22IN3O2S. The maximum Gasteiger partial charge on any atom is 0.188 e. The molecule has 0 radical (unpaired) electrons. The molecule has 0 amide bonds. The van der Waals surface area contributed by atoms with E-state index in [1.165, 1.54) is 0 Å². The van der Waals surface area contributed by atoms with Crippen LogP contribution in [0.1, 0.15) is 19.8 Å². The summed E-state index contributed by atoms with van der Waals surface area (Å²) >= 11 is 0. The second kappa shape index (κ2) is 7.98. The smallest absolute Gasteiger partial charge is 0.188 e. The third kappa shape index (κ3) is 7.20. The molecule has 18 heavy (non-hydrogen) atoms. The Bertz CT molecular complexity index is 407. The zero-order valence-corrected chi connectivity index (χ0v) is 13.8. The minimum Gasteiger partial charge on any atom is -0.370 e. The lowest BCUT2D eigenvalue weighted by Crippen LogP contribution is -2.39. The van der Waals surface area contributed by atoms with Crippen LogP contribution in [0, 0.1) is 5.92 Å². The van der Waals surface area contributed by atoms with E-state index in [0.29, 0.717) is 24.8 Å². The number of hydrogen-bond acceptors (Lipinski definition) is 3. The maximum atomic E-state index is 11.4. The minimum absolute atomic E-state index is 0. The standard InChI is InChI=1S/C11H21N3O2S.HI/c1-9(2)6-13-11(12)14-7-10-4-3-5-17(15,16)8-10;/h10H,1,3-8H2,2H3,(H3,12,13,14);1H. The zero-order chi connectivity index (χ0) is 12.9. The summed E-state index contributed by atoms with van der Waals surface area (Å²) in [6.45, 7) is 6.68. The monoisotopic (exact) mass is 387 g/mol. The largest absolute Gasteiger partial charge is 0.370 e. The number of guanidine groups is 1. The van der Waals surface area contributed by atoms with Crippen LogP contribution in [-0.2, 0) is 9.84 Å². The number of nitrogens with zero attached hydrogens (tertiary/aromatic N) is 1. The van der Waals surface area contributed by atoms with Crippen molar-refractivity contribution >= 4 is 39.8 Å². The lowest BCUT2D eigenvalue weighted by molar-refractivity contribution is 0.479. The Morgan fingerprint density at radius 1 is 1.56 bits per heavy atom. The van der Waals surface area contributed by atoms with Gasteiger partial charge in [0.05, 0.1) is 18.1 Å². The molecule has 1 aliphatic heterocycles. The van der Waals surface area contributed by atoms with Crippen molar-refractivity contribution in [2.75, 3.05) is 24.6 Å². The Morgan fingerprint density at radius 2 is 2.22 bits per heavy atom. The molecule has 1 rings (SSSR count). The highest BCUT2D eigenvalue weighted by atomic mass is 127. The van der Waals surface area contributed by atoms with Crippen LogP contribution in [0.2, 0.25) is 0 Å². The average molecular weight is 387 g/mol. The molecular weight excluding hydrogens is 365 g/mol. The topological polar surface area (TPSA) is 84.5 Å². The Labute approximate surface area is 126 Å². The molecule has 1 heterocycles. The van der Waals surface area contributed by atoms with Gasteiger partial charge in [-0.25, -0.2) is 13.4 Å². The van der Waals surface area contributed by atoms with E-state index in [4.69, 9.17) is 5.73 Å². The van der Waals surface area contributed by atoms with Crippen LogP contribution in [0.5, 0.6) is 0 Å². The predicted molar refractivity (Wildman–Crippen MR) is 86.1 cm³/mol. The van der Waals surface area contributed by atoms with Gasteiger partial charge in [-0.3, -0.25) is 0 Å². The van der Waals surface area contributed by atoms with Crippen molar-refractivity contribution in [3.8, 4) is 0 Å². The highest BCUT2D eigenvalue weighted by Crippen LogP contribution is 2.17. The Kier molecular flexibility index (Phi) is 7.84. The van der Waals surface area contributed by atoms with Crippen molar-refractivity contribution in [1.29, 1.82) is 0 Å². The van der Waals surface area contributed by atoms with Gasteiger partial charge < -0.3 is 11.1 Å². The summed E-state index contributed by atoms with van der Waals surface area (Å²) in [5.41, 5.74) is 6.59. The van der Waals surface area contributed by atoms with E-state index >= 15 is 0 Å². The molecule has 1 unspecified atom stereocenters. The van der Waals surface area contributed by atoms with Gasteiger partial charge in [-0.2, -0.15) is 0 Å². The predicted octanol–water partition coefficient (Wildman–Crippen LogP) is 0.910. The zero-order valence-electron chi connectivity index (χ0n) is 10.7. The van der Waals surface area contributed by atoms with Gasteiger partial charge in [0.15, 0.2) is 15.8 Å². The Morgan fingerprint density at radius 3 is 2.78 bits per heavy atom. The van der Waals surface area contributed by atoms with E-state index < -0.39 is 9.84 Å². The third-order valence-corrected chi connectivity index (χ3v) is 4.54. The number of nitrogens with one attached hydrogen (secondary N) is 1. The van der Waals surface area contributed by atoms with Crippen molar-refractivity contribution in [2.24, 2.45) is 16.6 Å². The van der Waals surface area contributed by atoms with Gasteiger partial charge in [0.2, 0.25) is 0 Å². The molecule has 0 aromatic rings. The van der Waals surface area contributed by atoms with Crippen molar-refractivity contribution < 1.29 is 8.42 Å². The fraction of sp³-hybridized carbons (Fsp3) is 0.727. The Balaban J connectivity index is 0.00000289. The van der Waals surface area contributed by atoms with E-state index in [-0.39, 0.29) is 35.6 Å². The number of nitrogens with two attached hydrogens (primary N) is 1. The highest BCUT2D eigenvalue weighted by molar-refractivity contribution is 14.0. The summed E-state index contributed by atoms with van der Waals surface area (Å²) in [6, 6.07) is 0. The van der Waals surface area contributed by atoms with E-state index in [1.54, 1.807) is 0 Å². The molecule has 1 fully saturated rings. The molecule has 3 N–H and O–H groups in total. The van der Waals surface area contributed by atoms with Gasteiger partial charge in [-0.1, -0.05) is 12.2 Å². The summed E-state index contributed by atoms with van der Waals surface area (Å²) in [5, 5.41) is 2.97. The van der Waals surface area contributed by atoms with Crippen LogP contribution in [0.3, 0.4) is 0 Å². The molecule has 0 aliphatic carbocycles. The van der Waals surface area contributed by atoms with E-state index in [1.807, 2.05) is 6.92 Å². The molecule has 1 saturated heterocycles. The van der Waals surface area contributed by atoms with Gasteiger partial charge in [-0.15, -0.1) is 24.0 Å². The van der Waals surface area contributed by atoms with Gasteiger partial charge in [0.25, 0.3) is 0 Å². The molecule has 0 aromatic heterocycles. The normalized spacial score (nSPS) is 22.9. The number of halogens is 1. The molecule has 0 spiro atoms. The first kappa shape index (κ1) is 17.7. The summed E-state index contributed by atoms with van der Waals surface area (Å²) in [5.74, 6) is 1.08. The van der Waals surface area contributed by atoms with Gasteiger partial charge in [0, 0.05) is 6.54 Å². The van der Waals surface area contributed by atoms with E-state index in [2.05, 4.69) is 16.9 Å². The quantitative estimate of drug-likeness (QED) is 0.325. The van der Waals surface area contributed by atoms with Crippen LogP contribution in [0.15, 0.2) is 17.1 Å². The van der Waals surface area contributed by atoms with Crippen LogP contribution in [0.4, 0.5) is 0 Å². The van der Waals surface area contributed by atoms with Gasteiger partial charge in [-0.05, 0) is 25.7 Å². The average Bonchev–Trinajstić information content (AvgIpc) is 2.22. The fourth-order valence-corrected chi connectivity index (χ4v) is 3.58. The number of rotatable bonds is 4. The highest BCUT2D eigenvalue weighted by Gasteiger charge is 2.24. The number of hydrogen-bond donors (Lipinski definition) is 2. The van der Waals surface area contributed by atoms with Gasteiger partial charge in [0.1, 0.15) is 0 Å². The minimum atomic E-state index is -2.84. The maximum absolute atomic E-state index is 11.4. The summed E-state index contributed by atoms with van der Waals surface area (Å²) in [6.07, 6.45) is 1.68. The van der Waals surface area contributed by atoms with Crippen molar-refractivity contribution in [3.63, 3.8) is 0 Å². The molecule has 0 aromatic carbocycles. The number of aliphatic imine (C=N–C) groups is 1. The van der Waals surface area contributed by atoms with Crippen molar-refractivity contribution in [1.82, 2.24) is 5.32 Å². The molecule has 0 saturated carbocycles. The molecule has 0 bridgehead atoms. The Hall–Kier alpha value is -0.310. The van der Waals surface area contributed by atoms with Gasteiger partial charge >= 0.3 is 0 Å². The molecule has 1 aliphatic rings. The van der Waals surface area contributed by atoms with E-state index in [0.717, 1.165) is 18.4 Å². The van der Waals surface area contributed by atoms with Crippen LogP contribution in [-0.4, -0.2) is 39.0 Å². The van der Waals surface area contributed by atoms with E-state index in [9.17, 15) is 8.42 Å². The second-order valence-corrected chi connectivity index (χ2v) is 6.89. The van der Waals surface area contributed by atoms with Crippen molar-refractivity contribution in [3.05, 3.63) is 12.2 Å². The third-order valence-electron chi connectivity index (χ3n) is 2.65. The van der Waals surface area contributed by atoms with Crippen LogP contribution >= 0.6 is 24.0 Å². The first-order chi connectivity index (χ1) is 7.89. The van der Waals surface area contributed by atoms with Crippen LogP contribution < -0.4 is 11.1 Å². The lowest BCUT2D eigenvalue weighted by Gasteiger charge is -2.22. The summed E-state index contributed by atoms with van der Waals surface area (Å²) in [4.78, 5) is 4.08. The summed E-state index contributed by atoms with van der Waals surface area (Å²) in [7, 11) is -2.84. The summed E-state index contributed by atoms with van der Waals surface area (Å²) < 4.78 is 22.8. The number of sulfone groups is 1. The lowest BCUT2D eigenvalue weighted by atomic mass is 10.1. The molecule has 106 valence electrons. The fourth-order valence-electron chi connectivity index (χ4n) is 1.80. The van der Waals surface area contributed by atoms with Crippen molar-refractivity contribution in [2.45, 2.75) is 19.8 Å². The van der Waals surface area contributed by atoms with Crippen LogP contribution in [0.25, 0.3) is 0 Å². The molecule has 5 nitrogen and oxygen atoms in total. The second-order valence-electron chi connectivity index (χ2n) is 4.66.